The topological polar surface area (TPSA) is 38.0 Å². The van der Waals surface area contributed by atoms with Crippen LogP contribution in [0.2, 0.25) is 0 Å². The van der Waals surface area contributed by atoms with Gasteiger partial charge in [-0.15, -0.1) is 0 Å². The van der Waals surface area contributed by atoms with Gasteiger partial charge in [0, 0.05) is 5.56 Å². The van der Waals surface area contributed by atoms with Gasteiger partial charge in [-0.1, -0.05) is 49.7 Å². The molecule has 0 bridgehead atoms. The molecule has 1 unspecified atom stereocenters. The molecular weight excluding hydrogens is 258 g/mol. The fourth-order valence-corrected chi connectivity index (χ4v) is 2.33. The molecule has 0 radical (unpaired) electrons. The Hall–Kier alpha value is -1.78. The number of rotatable bonds is 5. The van der Waals surface area contributed by atoms with E-state index in [-0.39, 0.29) is 5.56 Å². The number of hydrogen-bond donors (Lipinski definition) is 2. The fraction of sp³-hybridized carbons (Fsp3) is 0.250. The van der Waals surface area contributed by atoms with Crippen molar-refractivity contribution in [2.24, 2.45) is 5.84 Å². The van der Waals surface area contributed by atoms with E-state index in [4.69, 9.17) is 5.84 Å². The van der Waals surface area contributed by atoms with Crippen molar-refractivity contribution in [1.82, 2.24) is 5.43 Å². The standard InChI is InChI=1S/C16H18F2N2/c1-2-5-11-6-3-7-12(10-11)16(20-19)13-8-4-9-14(17)15(13)18/h3-4,6-10,16,20H,2,5,19H2,1H3. The van der Waals surface area contributed by atoms with Crippen LogP contribution in [0.15, 0.2) is 42.5 Å². The van der Waals surface area contributed by atoms with Crippen molar-refractivity contribution >= 4 is 0 Å². The molecule has 0 aromatic heterocycles. The van der Waals surface area contributed by atoms with Crippen molar-refractivity contribution in [3.05, 3.63) is 70.8 Å². The molecule has 1 atom stereocenters. The second-order valence-electron chi connectivity index (χ2n) is 4.74. The molecule has 3 N–H and O–H groups in total. The average molecular weight is 276 g/mol. The Balaban J connectivity index is 2.41. The third kappa shape index (κ3) is 3.03. The maximum atomic E-state index is 13.9. The number of aryl methyl sites for hydroxylation is 1. The first-order valence-corrected chi connectivity index (χ1v) is 6.66. The molecule has 0 aliphatic carbocycles. The zero-order valence-corrected chi connectivity index (χ0v) is 11.4. The smallest absolute Gasteiger partial charge is 0.163 e. The molecule has 2 nitrogen and oxygen atoms in total. The summed E-state index contributed by atoms with van der Waals surface area (Å²) in [6, 6.07) is 11.3. The Labute approximate surface area is 117 Å². The minimum Gasteiger partial charge on any atom is -0.271 e. The molecule has 0 spiro atoms. The highest BCUT2D eigenvalue weighted by molar-refractivity contribution is 5.35. The molecule has 0 saturated carbocycles. The largest absolute Gasteiger partial charge is 0.271 e. The van der Waals surface area contributed by atoms with E-state index in [1.165, 1.54) is 12.1 Å². The van der Waals surface area contributed by atoms with Crippen molar-refractivity contribution in [2.75, 3.05) is 0 Å². The van der Waals surface area contributed by atoms with Crippen LogP contribution >= 0.6 is 0 Å². The number of nitrogens with two attached hydrogens (primary N) is 1. The van der Waals surface area contributed by atoms with E-state index in [9.17, 15) is 8.78 Å². The Morgan fingerprint density at radius 3 is 2.60 bits per heavy atom. The number of nitrogens with one attached hydrogen (secondary N) is 1. The monoisotopic (exact) mass is 276 g/mol. The molecule has 0 aliphatic rings. The van der Waals surface area contributed by atoms with E-state index in [1.54, 1.807) is 0 Å². The third-order valence-corrected chi connectivity index (χ3v) is 3.28. The van der Waals surface area contributed by atoms with Gasteiger partial charge in [-0.05, 0) is 23.6 Å². The van der Waals surface area contributed by atoms with Crippen molar-refractivity contribution in [1.29, 1.82) is 0 Å². The zero-order valence-electron chi connectivity index (χ0n) is 11.4. The predicted molar refractivity (Wildman–Crippen MR) is 76.0 cm³/mol. The number of hydrazine groups is 1. The summed E-state index contributed by atoms with van der Waals surface area (Å²) in [6.07, 6.45) is 1.97. The van der Waals surface area contributed by atoms with Crippen molar-refractivity contribution in [3.8, 4) is 0 Å². The minimum absolute atomic E-state index is 0.209. The Kier molecular flexibility index (Phi) is 4.82. The van der Waals surface area contributed by atoms with Crippen LogP contribution in [-0.2, 0) is 6.42 Å². The number of benzene rings is 2. The van der Waals surface area contributed by atoms with Crippen LogP contribution in [0.4, 0.5) is 8.78 Å². The van der Waals surface area contributed by atoms with Crippen LogP contribution in [-0.4, -0.2) is 0 Å². The van der Waals surface area contributed by atoms with Gasteiger partial charge in [-0.3, -0.25) is 5.84 Å². The molecular formula is C16H18F2N2. The average Bonchev–Trinajstić information content (AvgIpc) is 2.45. The van der Waals surface area contributed by atoms with Gasteiger partial charge >= 0.3 is 0 Å². The van der Waals surface area contributed by atoms with Gasteiger partial charge < -0.3 is 0 Å². The van der Waals surface area contributed by atoms with E-state index < -0.39 is 17.7 Å². The molecule has 0 heterocycles. The summed E-state index contributed by atoms with van der Waals surface area (Å²) >= 11 is 0. The van der Waals surface area contributed by atoms with Crippen LogP contribution < -0.4 is 11.3 Å². The van der Waals surface area contributed by atoms with E-state index in [0.29, 0.717) is 0 Å². The highest BCUT2D eigenvalue weighted by Gasteiger charge is 2.19. The maximum absolute atomic E-state index is 13.9. The quantitative estimate of drug-likeness (QED) is 0.648. The van der Waals surface area contributed by atoms with Crippen LogP contribution in [0.1, 0.15) is 36.1 Å². The predicted octanol–water partition coefficient (Wildman–Crippen LogP) is 3.47. The van der Waals surface area contributed by atoms with Crippen LogP contribution in [0.25, 0.3) is 0 Å². The lowest BCUT2D eigenvalue weighted by Crippen LogP contribution is -2.29. The zero-order chi connectivity index (χ0) is 14.5. The molecule has 0 saturated heterocycles. The van der Waals surface area contributed by atoms with Crippen LogP contribution in [0.3, 0.4) is 0 Å². The molecule has 106 valence electrons. The van der Waals surface area contributed by atoms with Gasteiger partial charge in [0.05, 0.1) is 6.04 Å². The summed E-state index contributed by atoms with van der Waals surface area (Å²) in [5.74, 6) is 3.81. The summed E-state index contributed by atoms with van der Waals surface area (Å²) in [5.41, 5.74) is 4.75. The summed E-state index contributed by atoms with van der Waals surface area (Å²) in [4.78, 5) is 0. The Morgan fingerprint density at radius 2 is 1.90 bits per heavy atom. The van der Waals surface area contributed by atoms with E-state index in [0.717, 1.165) is 30.0 Å². The summed E-state index contributed by atoms with van der Waals surface area (Å²) in [5, 5.41) is 0. The van der Waals surface area contributed by atoms with E-state index in [2.05, 4.69) is 12.3 Å². The van der Waals surface area contributed by atoms with Gasteiger partial charge in [0.25, 0.3) is 0 Å². The normalized spacial score (nSPS) is 12.4. The first-order chi connectivity index (χ1) is 9.67. The summed E-state index contributed by atoms with van der Waals surface area (Å²) in [7, 11) is 0. The Morgan fingerprint density at radius 1 is 1.15 bits per heavy atom. The molecule has 2 aromatic rings. The van der Waals surface area contributed by atoms with Gasteiger partial charge in [0.1, 0.15) is 0 Å². The van der Waals surface area contributed by atoms with Gasteiger partial charge in [0.2, 0.25) is 0 Å². The summed E-state index contributed by atoms with van der Waals surface area (Å²) in [6.45, 7) is 2.09. The maximum Gasteiger partial charge on any atom is 0.163 e. The summed E-state index contributed by atoms with van der Waals surface area (Å²) < 4.78 is 27.3. The van der Waals surface area contributed by atoms with Gasteiger partial charge in [0.15, 0.2) is 11.6 Å². The highest BCUT2D eigenvalue weighted by atomic mass is 19.2. The van der Waals surface area contributed by atoms with E-state index in [1.807, 2.05) is 24.3 Å². The van der Waals surface area contributed by atoms with E-state index >= 15 is 0 Å². The van der Waals surface area contributed by atoms with Gasteiger partial charge in [-0.2, -0.15) is 0 Å². The molecule has 0 amide bonds. The molecule has 2 aromatic carbocycles. The van der Waals surface area contributed by atoms with Crippen LogP contribution in [0.5, 0.6) is 0 Å². The second-order valence-corrected chi connectivity index (χ2v) is 4.74. The third-order valence-electron chi connectivity index (χ3n) is 3.28. The Bertz CT molecular complexity index is 584. The lowest BCUT2D eigenvalue weighted by atomic mass is 9.96. The number of hydrogen-bond acceptors (Lipinski definition) is 2. The van der Waals surface area contributed by atoms with Crippen molar-refractivity contribution in [3.63, 3.8) is 0 Å². The minimum atomic E-state index is -0.868. The van der Waals surface area contributed by atoms with Crippen molar-refractivity contribution in [2.45, 2.75) is 25.8 Å². The van der Waals surface area contributed by atoms with Gasteiger partial charge in [-0.25, -0.2) is 14.2 Å². The van der Waals surface area contributed by atoms with Crippen molar-refractivity contribution < 1.29 is 8.78 Å². The first-order valence-electron chi connectivity index (χ1n) is 6.66. The lowest BCUT2D eigenvalue weighted by molar-refractivity contribution is 0.483. The highest BCUT2D eigenvalue weighted by Crippen LogP contribution is 2.26. The molecule has 2 rings (SSSR count). The SMILES string of the molecule is CCCc1cccc(C(NN)c2cccc(F)c2F)c1. The second kappa shape index (κ2) is 6.59. The molecule has 0 aliphatic heterocycles. The molecule has 0 fully saturated rings. The number of halogens is 2. The molecule has 20 heavy (non-hydrogen) atoms. The fourth-order valence-electron chi connectivity index (χ4n) is 2.33. The first kappa shape index (κ1) is 14.6. The lowest BCUT2D eigenvalue weighted by Gasteiger charge is -2.18. The van der Waals surface area contributed by atoms with Crippen LogP contribution in [0, 0.1) is 11.6 Å². The molecule has 4 heteroatoms.